The van der Waals surface area contributed by atoms with Crippen molar-refractivity contribution >= 4 is 6.21 Å². The Morgan fingerprint density at radius 2 is 2.50 bits per heavy atom. The lowest BCUT2D eigenvalue weighted by atomic mass is 10.2. The van der Waals surface area contributed by atoms with Crippen LogP contribution in [0.25, 0.3) is 0 Å². The standard InChI is InChI=1S/C7H6N3/c1-10-7-5-8-3-2-6(7)4-9-10/h3-5H,1H3/q+1. The molecule has 1 aromatic heterocycles. The van der Waals surface area contributed by atoms with Crippen LogP contribution in [-0.2, 0) is 7.05 Å². The van der Waals surface area contributed by atoms with Crippen molar-refractivity contribution in [2.45, 2.75) is 0 Å². The molecule has 0 amide bonds. The lowest BCUT2D eigenvalue weighted by Crippen LogP contribution is -1.99. The quantitative estimate of drug-likeness (QED) is 0.473. The SMILES string of the molecule is Cn1ncc2c1C=NC=[C+]2. The molecule has 1 aliphatic rings. The first-order valence-corrected chi connectivity index (χ1v) is 3.01. The summed E-state index contributed by atoms with van der Waals surface area (Å²) in [5, 5.41) is 4.04. The largest absolute Gasteiger partial charge is 0.238 e. The molecule has 2 rings (SSSR count). The number of rotatable bonds is 0. The number of aliphatic imine (C=N–C) groups is 1. The minimum Gasteiger partial charge on any atom is -0.224 e. The van der Waals surface area contributed by atoms with Gasteiger partial charge in [0.25, 0.3) is 0 Å². The monoisotopic (exact) mass is 132 g/mol. The second-order valence-corrected chi connectivity index (χ2v) is 2.12. The van der Waals surface area contributed by atoms with E-state index in [4.69, 9.17) is 0 Å². The zero-order valence-corrected chi connectivity index (χ0v) is 5.57. The van der Waals surface area contributed by atoms with E-state index in [9.17, 15) is 0 Å². The normalized spacial score (nSPS) is 12.9. The van der Waals surface area contributed by atoms with E-state index in [2.05, 4.69) is 16.2 Å². The van der Waals surface area contributed by atoms with Crippen molar-refractivity contribution in [3.05, 3.63) is 29.7 Å². The van der Waals surface area contributed by atoms with Gasteiger partial charge in [0.2, 0.25) is 5.56 Å². The first kappa shape index (κ1) is 5.33. The van der Waals surface area contributed by atoms with Gasteiger partial charge in [-0.3, -0.25) is 0 Å². The molecule has 0 radical (unpaired) electrons. The van der Waals surface area contributed by atoms with Crippen LogP contribution in [-0.4, -0.2) is 16.0 Å². The summed E-state index contributed by atoms with van der Waals surface area (Å²) in [5.74, 6) is 0. The van der Waals surface area contributed by atoms with Crippen LogP contribution < -0.4 is 0 Å². The van der Waals surface area contributed by atoms with Gasteiger partial charge in [0.15, 0.2) is 11.9 Å². The molecule has 3 heteroatoms. The van der Waals surface area contributed by atoms with Gasteiger partial charge < -0.3 is 0 Å². The summed E-state index contributed by atoms with van der Waals surface area (Å²) in [6.45, 7) is 0. The maximum absolute atomic E-state index is 4.04. The Morgan fingerprint density at radius 1 is 1.60 bits per heavy atom. The fraction of sp³-hybridized carbons (Fsp3) is 0.143. The molecule has 2 heterocycles. The van der Waals surface area contributed by atoms with Crippen molar-refractivity contribution in [3.63, 3.8) is 0 Å². The number of fused-ring (bicyclic) bond motifs is 1. The van der Waals surface area contributed by atoms with Gasteiger partial charge in [-0.25, -0.2) is 4.99 Å². The van der Waals surface area contributed by atoms with Gasteiger partial charge in [0, 0.05) is 7.05 Å². The fourth-order valence-corrected chi connectivity index (χ4v) is 0.926. The topological polar surface area (TPSA) is 30.2 Å². The van der Waals surface area contributed by atoms with Crippen molar-refractivity contribution in [1.29, 1.82) is 0 Å². The van der Waals surface area contributed by atoms with E-state index in [1.807, 2.05) is 7.05 Å². The molecule has 1 aliphatic heterocycles. The van der Waals surface area contributed by atoms with Crippen LogP contribution in [0.3, 0.4) is 0 Å². The lowest BCUT2D eigenvalue weighted by Gasteiger charge is -1.87. The third kappa shape index (κ3) is 0.582. The Bertz CT molecular complexity index is 307. The molecule has 0 atom stereocenters. The Kier molecular flexibility index (Phi) is 0.934. The number of hydrogen-bond acceptors (Lipinski definition) is 2. The summed E-state index contributed by atoms with van der Waals surface area (Å²) in [6.07, 6.45) is 8.17. The average Bonchev–Trinajstić information content (AvgIpc) is 2.34. The van der Waals surface area contributed by atoms with Crippen LogP contribution in [0.5, 0.6) is 0 Å². The summed E-state index contributed by atoms with van der Waals surface area (Å²) >= 11 is 0. The van der Waals surface area contributed by atoms with Gasteiger partial charge in [-0.2, -0.15) is 4.68 Å². The van der Waals surface area contributed by atoms with Crippen LogP contribution in [0.4, 0.5) is 0 Å². The molecule has 0 aliphatic carbocycles. The van der Waals surface area contributed by atoms with Crippen LogP contribution in [0.2, 0.25) is 0 Å². The van der Waals surface area contributed by atoms with E-state index in [1.165, 1.54) is 0 Å². The molecule has 0 saturated heterocycles. The third-order valence-electron chi connectivity index (χ3n) is 1.48. The van der Waals surface area contributed by atoms with Crippen molar-refractivity contribution in [1.82, 2.24) is 9.78 Å². The fourth-order valence-electron chi connectivity index (χ4n) is 0.926. The summed E-state index contributed by atoms with van der Waals surface area (Å²) in [7, 11) is 1.89. The van der Waals surface area contributed by atoms with Crippen LogP contribution in [0.1, 0.15) is 11.3 Å². The number of aromatic nitrogens is 2. The molecule has 0 aromatic carbocycles. The highest BCUT2D eigenvalue weighted by Gasteiger charge is 2.15. The van der Waals surface area contributed by atoms with Gasteiger partial charge in [0.1, 0.15) is 12.4 Å². The van der Waals surface area contributed by atoms with Crippen molar-refractivity contribution in [2.24, 2.45) is 12.0 Å². The highest BCUT2D eigenvalue weighted by molar-refractivity contribution is 5.81. The van der Waals surface area contributed by atoms with Crippen LogP contribution in [0.15, 0.2) is 17.4 Å². The Morgan fingerprint density at radius 3 is 3.30 bits per heavy atom. The minimum atomic E-state index is 1.01. The lowest BCUT2D eigenvalue weighted by molar-refractivity contribution is 0.761. The van der Waals surface area contributed by atoms with Crippen molar-refractivity contribution in [2.75, 3.05) is 0 Å². The highest BCUT2D eigenvalue weighted by Crippen LogP contribution is 2.07. The summed E-state index contributed by atoms with van der Waals surface area (Å²) in [4.78, 5) is 3.93. The van der Waals surface area contributed by atoms with Gasteiger partial charge in [-0.15, -0.1) is 0 Å². The third-order valence-corrected chi connectivity index (χ3v) is 1.48. The first-order chi connectivity index (χ1) is 4.88. The van der Waals surface area contributed by atoms with Crippen molar-refractivity contribution in [3.8, 4) is 0 Å². The predicted octanol–water partition coefficient (Wildman–Crippen LogP) is 0.518. The van der Waals surface area contributed by atoms with Gasteiger partial charge >= 0.3 is 0 Å². The molecule has 3 nitrogen and oxygen atoms in total. The van der Waals surface area contributed by atoms with Gasteiger partial charge in [0.05, 0.1) is 6.08 Å². The maximum Gasteiger partial charge on any atom is 0.238 e. The second-order valence-electron chi connectivity index (χ2n) is 2.12. The molecule has 48 valence electrons. The molecule has 0 N–H and O–H groups in total. The van der Waals surface area contributed by atoms with Gasteiger partial charge in [-0.1, -0.05) is 5.10 Å². The number of nitrogens with zero attached hydrogens (tertiary/aromatic N) is 3. The van der Waals surface area contributed by atoms with E-state index in [-0.39, 0.29) is 0 Å². The van der Waals surface area contributed by atoms with E-state index in [0.717, 1.165) is 11.3 Å². The Labute approximate surface area is 58.7 Å². The highest BCUT2D eigenvalue weighted by atomic mass is 15.3. The Hall–Kier alpha value is -1.47. The zero-order chi connectivity index (χ0) is 6.97. The zero-order valence-electron chi connectivity index (χ0n) is 5.57. The predicted molar refractivity (Wildman–Crippen MR) is 37.7 cm³/mol. The summed E-state index contributed by atoms with van der Waals surface area (Å²) in [6, 6.07) is 0. The molecule has 0 bridgehead atoms. The van der Waals surface area contributed by atoms with Gasteiger partial charge in [-0.05, 0) is 0 Å². The average molecular weight is 132 g/mol. The van der Waals surface area contributed by atoms with E-state index in [0.29, 0.717) is 0 Å². The van der Waals surface area contributed by atoms with E-state index < -0.39 is 0 Å². The first-order valence-electron chi connectivity index (χ1n) is 3.01. The van der Waals surface area contributed by atoms with Crippen molar-refractivity contribution < 1.29 is 0 Å². The minimum absolute atomic E-state index is 1.01. The smallest absolute Gasteiger partial charge is 0.224 e. The molecule has 0 saturated carbocycles. The number of hydrogen-bond donors (Lipinski definition) is 0. The van der Waals surface area contributed by atoms with E-state index in [1.54, 1.807) is 23.3 Å². The Balaban J connectivity index is 2.69. The molecule has 1 aromatic rings. The van der Waals surface area contributed by atoms with Crippen LogP contribution in [0, 0.1) is 6.08 Å². The van der Waals surface area contributed by atoms with E-state index >= 15 is 0 Å². The second kappa shape index (κ2) is 1.75. The summed E-state index contributed by atoms with van der Waals surface area (Å²) in [5.41, 5.74) is 2.03. The molecule has 0 unspecified atom stereocenters. The molecular formula is C7H6N3+. The maximum atomic E-state index is 4.04. The van der Waals surface area contributed by atoms with Crippen LogP contribution >= 0.6 is 0 Å². The summed E-state index contributed by atoms with van der Waals surface area (Å²) < 4.78 is 1.78. The molecular weight excluding hydrogens is 126 g/mol. The molecule has 0 fully saturated rings. The molecule has 0 spiro atoms. The number of aryl methyl sites for hydroxylation is 1. The molecule has 10 heavy (non-hydrogen) atoms.